The Kier molecular flexibility index (Phi) is 5.56. The Bertz CT molecular complexity index is 1060. The van der Waals surface area contributed by atoms with Gasteiger partial charge in [0.25, 0.3) is 0 Å². The molecule has 2 aromatic heterocycles. The summed E-state index contributed by atoms with van der Waals surface area (Å²) in [6.07, 6.45) is 2.46. The number of hydrogen-bond donors (Lipinski definition) is 1. The van der Waals surface area contributed by atoms with Gasteiger partial charge in [0.2, 0.25) is 0 Å². The maximum Gasteiger partial charge on any atom is 0.391 e. The summed E-state index contributed by atoms with van der Waals surface area (Å²) in [5.74, 6) is -1.05. The number of carboxylic acids is 1. The first-order valence-corrected chi connectivity index (χ1v) is 12.1. The maximum atomic E-state index is 13.1. The van der Waals surface area contributed by atoms with Crippen LogP contribution in [-0.4, -0.2) is 44.9 Å². The van der Waals surface area contributed by atoms with Crippen LogP contribution in [0.25, 0.3) is 5.65 Å². The maximum absolute atomic E-state index is 13.1. The highest BCUT2D eigenvalue weighted by Crippen LogP contribution is 2.43. The van der Waals surface area contributed by atoms with E-state index >= 15 is 0 Å². The molecule has 0 bridgehead atoms. The number of nitrogens with zero attached hydrogens (tertiary/aromatic N) is 4. The number of anilines is 1. The second kappa shape index (κ2) is 8.17. The zero-order valence-electron chi connectivity index (χ0n) is 19.0. The van der Waals surface area contributed by atoms with Crippen LogP contribution in [0.5, 0.6) is 0 Å². The van der Waals surface area contributed by atoms with Crippen molar-refractivity contribution in [2.24, 2.45) is 11.3 Å². The monoisotopic (exact) mass is 464 g/mol. The number of halogens is 3. The highest BCUT2D eigenvalue weighted by molar-refractivity contribution is 5.75. The molecule has 180 valence electrons. The molecular formula is C24H31F3N4O2. The molecule has 1 saturated carbocycles. The summed E-state index contributed by atoms with van der Waals surface area (Å²) in [6, 6.07) is 1.94. The second-order valence-electron chi connectivity index (χ2n) is 10.4. The van der Waals surface area contributed by atoms with Gasteiger partial charge in [0.1, 0.15) is 5.82 Å². The number of fused-ring (bicyclic) bond motifs is 2. The molecule has 6 nitrogen and oxygen atoms in total. The summed E-state index contributed by atoms with van der Waals surface area (Å²) in [6.45, 7) is 2.99. The lowest BCUT2D eigenvalue weighted by atomic mass is 9.80. The number of alkyl halides is 3. The summed E-state index contributed by atoms with van der Waals surface area (Å²) >= 11 is 0. The Balaban J connectivity index is 1.52. The number of rotatable bonds is 3. The minimum atomic E-state index is -4.12. The summed E-state index contributed by atoms with van der Waals surface area (Å²) < 4.78 is 41.2. The van der Waals surface area contributed by atoms with Crippen LogP contribution < -0.4 is 4.90 Å². The van der Waals surface area contributed by atoms with Crippen molar-refractivity contribution in [3.05, 3.63) is 23.0 Å². The summed E-state index contributed by atoms with van der Waals surface area (Å²) in [4.78, 5) is 19.0. The quantitative estimate of drug-likeness (QED) is 0.682. The van der Waals surface area contributed by atoms with Crippen LogP contribution in [0.3, 0.4) is 0 Å². The summed E-state index contributed by atoms with van der Waals surface area (Å²) in [5.41, 5.74) is 2.92. The third kappa shape index (κ3) is 4.08. The lowest BCUT2D eigenvalue weighted by molar-refractivity contribution is -0.182. The Hall–Kier alpha value is -2.32. The molecule has 1 N–H and O–H groups in total. The fraction of sp³-hybridized carbons (Fsp3) is 0.708. The van der Waals surface area contributed by atoms with Gasteiger partial charge in [-0.2, -0.15) is 22.8 Å². The molecule has 3 aliphatic rings. The van der Waals surface area contributed by atoms with E-state index in [9.17, 15) is 23.1 Å². The van der Waals surface area contributed by atoms with E-state index in [1.54, 1.807) is 6.92 Å². The Morgan fingerprint density at radius 2 is 1.88 bits per heavy atom. The molecule has 5 rings (SSSR count). The van der Waals surface area contributed by atoms with Gasteiger partial charge in [0, 0.05) is 36.3 Å². The number of carboxylic acid groups (broad SMARTS) is 1. The van der Waals surface area contributed by atoms with Crippen molar-refractivity contribution in [3.8, 4) is 0 Å². The minimum Gasteiger partial charge on any atom is -0.481 e. The van der Waals surface area contributed by atoms with Crippen LogP contribution >= 0.6 is 0 Å². The first-order valence-electron chi connectivity index (χ1n) is 12.1. The highest BCUT2D eigenvalue weighted by Gasteiger charge is 2.42. The van der Waals surface area contributed by atoms with Crippen LogP contribution in [-0.2, 0) is 17.6 Å². The number of piperidine rings is 1. The zero-order chi connectivity index (χ0) is 23.4. The van der Waals surface area contributed by atoms with Gasteiger partial charge < -0.3 is 10.0 Å². The molecule has 0 amide bonds. The number of hydrogen-bond acceptors (Lipinski definition) is 4. The van der Waals surface area contributed by atoms with Crippen molar-refractivity contribution in [3.63, 3.8) is 0 Å². The van der Waals surface area contributed by atoms with Crippen molar-refractivity contribution in [1.29, 1.82) is 0 Å². The van der Waals surface area contributed by atoms with E-state index in [1.807, 2.05) is 10.6 Å². The van der Waals surface area contributed by atoms with Crippen LogP contribution in [0.4, 0.5) is 19.0 Å². The first kappa shape index (κ1) is 22.5. The molecular weight excluding hydrogens is 433 g/mol. The van der Waals surface area contributed by atoms with Crippen molar-refractivity contribution >= 4 is 17.4 Å². The van der Waals surface area contributed by atoms with Crippen LogP contribution in [0.15, 0.2) is 6.07 Å². The molecule has 0 aromatic carbocycles. The van der Waals surface area contributed by atoms with E-state index in [-0.39, 0.29) is 18.8 Å². The predicted octanol–water partition coefficient (Wildman–Crippen LogP) is 5.14. The number of aliphatic carboxylic acids is 1. The lowest BCUT2D eigenvalue weighted by Gasteiger charge is -2.40. The van der Waals surface area contributed by atoms with E-state index < -0.39 is 23.5 Å². The Morgan fingerprint density at radius 1 is 1.15 bits per heavy atom. The summed E-state index contributed by atoms with van der Waals surface area (Å²) in [7, 11) is 0. The molecule has 9 heteroatoms. The van der Waals surface area contributed by atoms with Gasteiger partial charge in [-0.15, -0.1) is 0 Å². The fourth-order valence-corrected chi connectivity index (χ4v) is 5.98. The van der Waals surface area contributed by atoms with Crippen molar-refractivity contribution < 1.29 is 23.1 Å². The van der Waals surface area contributed by atoms with Gasteiger partial charge in [-0.1, -0.05) is 0 Å². The van der Waals surface area contributed by atoms with Crippen molar-refractivity contribution in [1.82, 2.24) is 14.6 Å². The molecule has 2 aromatic rings. The van der Waals surface area contributed by atoms with E-state index in [2.05, 4.69) is 4.90 Å². The van der Waals surface area contributed by atoms with Gasteiger partial charge in [0.05, 0.1) is 17.0 Å². The standard InChI is InChI=1S/C24H31F3N4O2/c1-23(22(32)33)11-4-12-30(14-23)21-17-5-2-3-6-18(17)28-20-13-19(29-31(20)21)15-7-9-16(10-8-15)24(25,26)27/h13,15-16H,2-12,14H2,1H3,(H,32,33)/t15-,16-,23-/m1/s1. The lowest BCUT2D eigenvalue weighted by Crippen LogP contribution is -2.47. The van der Waals surface area contributed by atoms with Crippen molar-refractivity contribution in [2.75, 3.05) is 18.0 Å². The van der Waals surface area contributed by atoms with E-state index in [4.69, 9.17) is 10.1 Å². The number of aromatic nitrogens is 3. The molecule has 3 heterocycles. The number of carbonyl (C=O) groups is 1. The highest BCUT2D eigenvalue weighted by atomic mass is 19.4. The Morgan fingerprint density at radius 3 is 2.58 bits per heavy atom. The van der Waals surface area contributed by atoms with Crippen LogP contribution in [0, 0.1) is 11.3 Å². The average Bonchev–Trinajstić information content (AvgIpc) is 3.20. The Labute approximate surface area is 191 Å². The van der Waals surface area contributed by atoms with Gasteiger partial charge in [-0.05, 0) is 71.1 Å². The zero-order valence-corrected chi connectivity index (χ0v) is 19.0. The molecule has 1 atom stereocenters. The van der Waals surface area contributed by atoms with E-state index in [0.717, 1.165) is 67.1 Å². The number of aryl methyl sites for hydroxylation is 1. The topological polar surface area (TPSA) is 70.7 Å². The molecule has 2 aliphatic carbocycles. The van der Waals surface area contributed by atoms with Gasteiger partial charge in [-0.25, -0.2) is 4.98 Å². The first-order chi connectivity index (χ1) is 15.7. The molecule has 0 spiro atoms. The average molecular weight is 465 g/mol. The molecule has 0 unspecified atom stereocenters. The van der Waals surface area contributed by atoms with Crippen molar-refractivity contribution in [2.45, 2.75) is 83.2 Å². The summed E-state index contributed by atoms with van der Waals surface area (Å²) in [5, 5.41) is 14.7. The molecule has 1 saturated heterocycles. The van der Waals surface area contributed by atoms with Gasteiger partial charge in [-0.3, -0.25) is 4.79 Å². The predicted molar refractivity (Wildman–Crippen MR) is 118 cm³/mol. The molecule has 33 heavy (non-hydrogen) atoms. The normalized spacial score (nSPS) is 28.7. The minimum absolute atomic E-state index is 0.000759. The second-order valence-corrected chi connectivity index (χ2v) is 10.4. The third-order valence-corrected chi connectivity index (χ3v) is 7.99. The smallest absolute Gasteiger partial charge is 0.391 e. The third-order valence-electron chi connectivity index (χ3n) is 7.99. The molecule has 1 aliphatic heterocycles. The fourth-order valence-electron chi connectivity index (χ4n) is 5.98. The van der Waals surface area contributed by atoms with Crippen LogP contribution in [0.1, 0.15) is 81.2 Å². The van der Waals surface area contributed by atoms with E-state index in [1.165, 1.54) is 0 Å². The molecule has 0 radical (unpaired) electrons. The van der Waals surface area contributed by atoms with Gasteiger partial charge in [0.15, 0.2) is 5.65 Å². The SMILES string of the molecule is C[C@@]1(C(=O)O)CCCN(c2c3c(nc4cc([C@H]5CC[C@H](C(F)(F)F)CC5)nn24)CCCC3)C1. The van der Waals surface area contributed by atoms with Crippen LogP contribution in [0.2, 0.25) is 0 Å². The molecule has 2 fully saturated rings. The van der Waals surface area contributed by atoms with E-state index in [0.29, 0.717) is 25.8 Å². The largest absolute Gasteiger partial charge is 0.481 e. The van der Waals surface area contributed by atoms with Gasteiger partial charge >= 0.3 is 12.1 Å².